The van der Waals surface area contributed by atoms with Crippen LogP contribution in [0, 0.1) is 17.6 Å². The third kappa shape index (κ3) is 2.80. The number of carbonyl (C=O) groups is 1. The van der Waals surface area contributed by atoms with Gasteiger partial charge in [0.25, 0.3) is 0 Å². The van der Waals surface area contributed by atoms with Crippen LogP contribution in [0.2, 0.25) is 0 Å². The fraction of sp³-hybridized carbons (Fsp3) is 0.417. The third-order valence-corrected chi connectivity index (χ3v) is 5.28. The van der Waals surface area contributed by atoms with E-state index in [1.165, 1.54) is 0 Å². The van der Waals surface area contributed by atoms with Gasteiger partial charge in [0.2, 0.25) is 15.9 Å². The average Bonchev–Trinajstić information content (AvgIpc) is 2.41. The minimum Gasteiger partial charge on any atom is -0.369 e. The van der Waals surface area contributed by atoms with Crippen LogP contribution in [0.4, 0.5) is 8.78 Å². The van der Waals surface area contributed by atoms with Gasteiger partial charge in [0.15, 0.2) is 0 Å². The smallest absolute Gasteiger partial charge is 0.246 e. The molecule has 20 heavy (non-hydrogen) atoms. The van der Waals surface area contributed by atoms with Crippen molar-refractivity contribution >= 4 is 15.9 Å². The quantitative estimate of drug-likeness (QED) is 0.899. The Balaban J connectivity index is 2.24. The first-order chi connectivity index (χ1) is 9.32. The van der Waals surface area contributed by atoms with E-state index < -0.39 is 32.5 Å². The number of sulfonamides is 1. The summed E-state index contributed by atoms with van der Waals surface area (Å²) in [5.41, 5.74) is 5.16. The number of halogens is 2. The second kappa shape index (κ2) is 5.45. The lowest BCUT2D eigenvalue weighted by atomic mass is 9.98. The molecule has 1 aromatic carbocycles. The molecule has 0 bridgehead atoms. The van der Waals surface area contributed by atoms with Gasteiger partial charge in [-0.1, -0.05) is 0 Å². The van der Waals surface area contributed by atoms with Gasteiger partial charge in [0.05, 0.1) is 0 Å². The standard InChI is InChI=1S/C12H14F2N2O3S/c13-9-1-2-10(14)11(7-9)20(18,19)16-5-3-8(4-6-16)12(15)17/h1-2,7-8H,3-6H2,(H2,15,17). The monoisotopic (exact) mass is 304 g/mol. The van der Waals surface area contributed by atoms with Gasteiger partial charge in [-0.2, -0.15) is 4.31 Å². The van der Waals surface area contributed by atoms with Gasteiger partial charge in [-0.3, -0.25) is 4.79 Å². The molecule has 1 aromatic rings. The molecule has 1 saturated heterocycles. The van der Waals surface area contributed by atoms with Crippen molar-refractivity contribution in [3.63, 3.8) is 0 Å². The van der Waals surface area contributed by atoms with Gasteiger partial charge >= 0.3 is 0 Å². The van der Waals surface area contributed by atoms with Crippen molar-refractivity contribution < 1.29 is 22.0 Å². The average molecular weight is 304 g/mol. The van der Waals surface area contributed by atoms with Crippen LogP contribution in [0.15, 0.2) is 23.1 Å². The number of carbonyl (C=O) groups excluding carboxylic acids is 1. The van der Waals surface area contributed by atoms with Crippen LogP contribution in [0.1, 0.15) is 12.8 Å². The summed E-state index contributed by atoms with van der Waals surface area (Å²) in [6.07, 6.45) is 0.566. The van der Waals surface area contributed by atoms with E-state index in [1.807, 2.05) is 0 Å². The van der Waals surface area contributed by atoms with Gasteiger partial charge in [0.1, 0.15) is 16.5 Å². The van der Waals surface area contributed by atoms with E-state index in [4.69, 9.17) is 5.73 Å². The minimum atomic E-state index is -4.10. The number of piperidine rings is 1. The van der Waals surface area contributed by atoms with Gasteiger partial charge in [0, 0.05) is 19.0 Å². The maximum atomic E-state index is 13.6. The number of rotatable bonds is 3. The molecule has 5 nitrogen and oxygen atoms in total. The highest BCUT2D eigenvalue weighted by Crippen LogP contribution is 2.25. The summed E-state index contributed by atoms with van der Waals surface area (Å²) >= 11 is 0. The molecular formula is C12H14F2N2O3S. The van der Waals surface area contributed by atoms with E-state index in [0.717, 1.165) is 16.4 Å². The van der Waals surface area contributed by atoms with E-state index in [9.17, 15) is 22.0 Å². The Kier molecular flexibility index (Phi) is 4.05. The zero-order valence-electron chi connectivity index (χ0n) is 10.6. The second-order valence-corrected chi connectivity index (χ2v) is 6.56. The topological polar surface area (TPSA) is 80.5 Å². The van der Waals surface area contributed by atoms with Crippen molar-refractivity contribution in [3.8, 4) is 0 Å². The Bertz CT molecular complexity index is 626. The zero-order chi connectivity index (χ0) is 14.9. The molecule has 0 aliphatic carbocycles. The summed E-state index contributed by atoms with van der Waals surface area (Å²) in [6.45, 7) is 0.123. The number of primary amides is 1. The highest BCUT2D eigenvalue weighted by Gasteiger charge is 2.33. The van der Waals surface area contributed by atoms with Crippen molar-refractivity contribution in [3.05, 3.63) is 29.8 Å². The van der Waals surface area contributed by atoms with Crippen LogP contribution in [-0.4, -0.2) is 31.7 Å². The van der Waals surface area contributed by atoms with Crippen LogP contribution < -0.4 is 5.73 Å². The van der Waals surface area contributed by atoms with Crippen molar-refractivity contribution in [2.45, 2.75) is 17.7 Å². The van der Waals surface area contributed by atoms with Crippen LogP contribution >= 0.6 is 0 Å². The predicted molar refractivity (Wildman–Crippen MR) is 67.0 cm³/mol. The first kappa shape index (κ1) is 14.9. The summed E-state index contributed by atoms with van der Waals surface area (Å²) < 4.78 is 52.2. The number of hydrogen-bond donors (Lipinski definition) is 1. The van der Waals surface area contributed by atoms with Crippen molar-refractivity contribution in [1.29, 1.82) is 0 Å². The molecule has 0 atom stereocenters. The zero-order valence-corrected chi connectivity index (χ0v) is 11.4. The molecule has 2 N–H and O–H groups in total. The lowest BCUT2D eigenvalue weighted by molar-refractivity contribution is -0.122. The molecule has 1 aliphatic heterocycles. The first-order valence-corrected chi connectivity index (χ1v) is 7.51. The lowest BCUT2D eigenvalue weighted by Crippen LogP contribution is -2.41. The van der Waals surface area contributed by atoms with Crippen LogP contribution in [-0.2, 0) is 14.8 Å². The largest absolute Gasteiger partial charge is 0.369 e. The molecule has 2 rings (SSSR count). The van der Waals surface area contributed by atoms with Crippen molar-refractivity contribution in [2.24, 2.45) is 11.7 Å². The Morgan fingerprint density at radius 1 is 1.25 bits per heavy atom. The molecule has 0 unspecified atom stereocenters. The van der Waals surface area contributed by atoms with E-state index in [0.29, 0.717) is 6.07 Å². The number of nitrogens with two attached hydrogens (primary N) is 1. The molecule has 8 heteroatoms. The van der Waals surface area contributed by atoms with Gasteiger partial charge in [-0.05, 0) is 31.0 Å². The van der Waals surface area contributed by atoms with Gasteiger partial charge in [-0.15, -0.1) is 0 Å². The SMILES string of the molecule is NC(=O)C1CCN(S(=O)(=O)c2cc(F)ccc2F)CC1. The predicted octanol–water partition coefficient (Wildman–Crippen LogP) is 0.851. The van der Waals surface area contributed by atoms with Gasteiger partial charge in [-0.25, -0.2) is 17.2 Å². The van der Waals surface area contributed by atoms with Crippen LogP contribution in [0.3, 0.4) is 0 Å². The normalized spacial score (nSPS) is 18.1. The molecular weight excluding hydrogens is 290 g/mol. The molecule has 110 valence electrons. The third-order valence-electron chi connectivity index (χ3n) is 3.37. The summed E-state index contributed by atoms with van der Waals surface area (Å²) in [6, 6.07) is 2.29. The molecule has 0 aromatic heterocycles. The molecule has 1 heterocycles. The van der Waals surface area contributed by atoms with Crippen molar-refractivity contribution in [1.82, 2.24) is 4.31 Å². The second-order valence-electron chi connectivity index (χ2n) is 4.66. The van der Waals surface area contributed by atoms with Gasteiger partial charge < -0.3 is 5.73 Å². The number of nitrogens with zero attached hydrogens (tertiary/aromatic N) is 1. The summed E-state index contributed by atoms with van der Waals surface area (Å²) in [5, 5.41) is 0. The summed E-state index contributed by atoms with van der Waals surface area (Å²) in [7, 11) is -4.10. The summed E-state index contributed by atoms with van der Waals surface area (Å²) in [4.78, 5) is 10.3. The number of amides is 1. The highest BCUT2D eigenvalue weighted by molar-refractivity contribution is 7.89. The highest BCUT2D eigenvalue weighted by atomic mass is 32.2. The Morgan fingerprint density at radius 2 is 1.85 bits per heavy atom. The van der Waals surface area contributed by atoms with Crippen LogP contribution in [0.5, 0.6) is 0 Å². The van der Waals surface area contributed by atoms with E-state index in [1.54, 1.807) is 0 Å². The maximum absolute atomic E-state index is 13.6. The molecule has 0 spiro atoms. The van der Waals surface area contributed by atoms with Crippen LogP contribution in [0.25, 0.3) is 0 Å². The van der Waals surface area contributed by atoms with Crippen molar-refractivity contribution in [2.75, 3.05) is 13.1 Å². The first-order valence-electron chi connectivity index (χ1n) is 6.07. The van der Waals surface area contributed by atoms with E-state index in [-0.39, 0.29) is 31.8 Å². The number of hydrogen-bond acceptors (Lipinski definition) is 3. The fourth-order valence-electron chi connectivity index (χ4n) is 2.19. The Morgan fingerprint density at radius 3 is 2.40 bits per heavy atom. The fourth-order valence-corrected chi connectivity index (χ4v) is 3.74. The maximum Gasteiger partial charge on any atom is 0.246 e. The van der Waals surface area contributed by atoms with E-state index >= 15 is 0 Å². The Hall–Kier alpha value is -1.54. The molecule has 1 fully saturated rings. The van der Waals surface area contributed by atoms with E-state index in [2.05, 4.69) is 0 Å². The Labute approximate surface area is 115 Å². The molecule has 0 saturated carbocycles. The molecule has 0 radical (unpaired) electrons. The summed E-state index contributed by atoms with van der Waals surface area (Å²) in [5.74, 6) is -2.67. The number of benzene rings is 1. The molecule has 1 aliphatic rings. The lowest BCUT2D eigenvalue weighted by Gasteiger charge is -2.29. The minimum absolute atomic E-state index is 0.0614. The molecule has 1 amide bonds.